The SMILES string of the molecule is CC(C)c1ccc(C(=O)N(C)C2CCCCC2)cc1F. The molecule has 0 atom stereocenters. The first-order valence-electron chi connectivity index (χ1n) is 7.57. The number of nitrogens with zero attached hydrogens (tertiary/aromatic N) is 1. The van der Waals surface area contributed by atoms with E-state index in [2.05, 4.69) is 0 Å². The molecule has 1 saturated carbocycles. The van der Waals surface area contributed by atoms with Crippen LogP contribution < -0.4 is 0 Å². The second kappa shape index (κ2) is 6.38. The van der Waals surface area contributed by atoms with Crippen LogP contribution in [0.3, 0.4) is 0 Å². The van der Waals surface area contributed by atoms with Gasteiger partial charge in [-0.1, -0.05) is 39.2 Å². The van der Waals surface area contributed by atoms with Crippen molar-refractivity contribution < 1.29 is 9.18 Å². The Balaban J connectivity index is 2.14. The fraction of sp³-hybridized carbons (Fsp3) is 0.588. The summed E-state index contributed by atoms with van der Waals surface area (Å²) >= 11 is 0. The summed E-state index contributed by atoms with van der Waals surface area (Å²) in [5.41, 5.74) is 1.13. The van der Waals surface area contributed by atoms with Gasteiger partial charge in [0.1, 0.15) is 5.82 Å². The van der Waals surface area contributed by atoms with Crippen molar-refractivity contribution in [3.63, 3.8) is 0 Å². The predicted octanol–water partition coefficient (Wildman–Crippen LogP) is 4.35. The van der Waals surface area contributed by atoms with E-state index in [0.717, 1.165) is 12.8 Å². The number of carbonyl (C=O) groups is 1. The maximum Gasteiger partial charge on any atom is 0.253 e. The van der Waals surface area contributed by atoms with Crippen LogP contribution in [0.2, 0.25) is 0 Å². The number of halogens is 1. The molecular weight excluding hydrogens is 253 g/mol. The van der Waals surface area contributed by atoms with Gasteiger partial charge in [-0.2, -0.15) is 0 Å². The van der Waals surface area contributed by atoms with Crippen molar-refractivity contribution in [3.8, 4) is 0 Å². The van der Waals surface area contributed by atoms with Gasteiger partial charge in [-0.25, -0.2) is 4.39 Å². The van der Waals surface area contributed by atoms with Gasteiger partial charge in [0.15, 0.2) is 0 Å². The summed E-state index contributed by atoms with van der Waals surface area (Å²) in [4.78, 5) is 14.2. The molecule has 1 amide bonds. The molecule has 0 spiro atoms. The standard InChI is InChI=1S/C17H24FNO/c1-12(2)15-10-9-13(11-16(15)18)17(20)19(3)14-7-5-4-6-8-14/h9-12,14H,4-8H2,1-3H3. The van der Waals surface area contributed by atoms with E-state index in [4.69, 9.17) is 0 Å². The van der Waals surface area contributed by atoms with Crippen LogP contribution in [0.25, 0.3) is 0 Å². The number of hydrogen-bond donors (Lipinski definition) is 0. The van der Waals surface area contributed by atoms with E-state index in [1.807, 2.05) is 20.9 Å². The average Bonchev–Trinajstić information content (AvgIpc) is 2.46. The summed E-state index contributed by atoms with van der Waals surface area (Å²) in [6, 6.07) is 5.18. The average molecular weight is 277 g/mol. The van der Waals surface area contributed by atoms with Gasteiger partial charge in [0.2, 0.25) is 0 Å². The van der Waals surface area contributed by atoms with Crippen molar-refractivity contribution in [3.05, 3.63) is 35.1 Å². The molecule has 0 unspecified atom stereocenters. The lowest BCUT2D eigenvalue weighted by Gasteiger charge is -2.31. The summed E-state index contributed by atoms with van der Waals surface area (Å²) in [5, 5.41) is 0. The Kier molecular flexibility index (Phi) is 4.79. The molecule has 1 aromatic carbocycles. The number of amides is 1. The lowest BCUT2D eigenvalue weighted by atomic mass is 9.94. The molecule has 20 heavy (non-hydrogen) atoms. The van der Waals surface area contributed by atoms with E-state index in [-0.39, 0.29) is 17.6 Å². The third-order valence-corrected chi connectivity index (χ3v) is 4.31. The van der Waals surface area contributed by atoms with Gasteiger partial charge in [-0.15, -0.1) is 0 Å². The van der Waals surface area contributed by atoms with E-state index in [1.165, 1.54) is 25.3 Å². The summed E-state index contributed by atoms with van der Waals surface area (Å²) in [6.45, 7) is 3.90. The molecule has 0 aliphatic heterocycles. The van der Waals surface area contributed by atoms with E-state index in [9.17, 15) is 9.18 Å². The van der Waals surface area contributed by atoms with E-state index < -0.39 is 0 Å². The molecule has 0 heterocycles. The maximum atomic E-state index is 14.0. The molecule has 1 aromatic rings. The lowest BCUT2D eigenvalue weighted by Crippen LogP contribution is -2.38. The quantitative estimate of drug-likeness (QED) is 0.804. The Labute approximate surface area is 121 Å². The maximum absolute atomic E-state index is 14.0. The number of rotatable bonds is 3. The fourth-order valence-corrected chi connectivity index (χ4v) is 2.97. The Morgan fingerprint density at radius 3 is 2.45 bits per heavy atom. The zero-order valence-corrected chi connectivity index (χ0v) is 12.7. The van der Waals surface area contributed by atoms with Crippen molar-refractivity contribution >= 4 is 5.91 Å². The Morgan fingerprint density at radius 2 is 1.90 bits per heavy atom. The van der Waals surface area contributed by atoms with Gasteiger partial charge in [-0.3, -0.25) is 4.79 Å². The van der Waals surface area contributed by atoms with Crippen LogP contribution in [0, 0.1) is 5.82 Å². The number of benzene rings is 1. The first-order chi connectivity index (χ1) is 9.50. The third-order valence-electron chi connectivity index (χ3n) is 4.31. The van der Waals surface area contributed by atoms with Crippen LogP contribution >= 0.6 is 0 Å². The highest BCUT2D eigenvalue weighted by molar-refractivity contribution is 5.94. The predicted molar refractivity (Wildman–Crippen MR) is 79.5 cm³/mol. The summed E-state index contributed by atoms with van der Waals surface area (Å²) in [5.74, 6) is -0.204. The van der Waals surface area contributed by atoms with Crippen LogP contribution in [-0.2, 0) is 0 Å². The molecule has 0 radical (unpaired) electrons. The van der Waals surface area contributed by atoms with Crippen LogP contribution in [0.15, 0.2) is 18.2 Å². The van der Waals surface area contributed by atoms with Gasteiger partial charge >= 0.3 is 0 Å². The monoisotopic (exact) mass is 277 g/mol. The molecule has 2 nitrogen and oxygen atoms in total. The Morgan fingerprint density at radius 1 is 1.25 bits per heavy atom. The van der Waals surface area contributed by atoms with Gasteiger partial charge in [0.25, 0.3) is 5.91 Å². The Bertz CT molecular complexity index is 478. The van der Waals surface area contributed by atoms with Crippen molar-refractivity contribution in [2.75, 3.05) is 7.05 Å². The van der Waals surface area contributed by atoms with Crippen molar-refractivity contribution in [1.82, 2.24) is 4.90 Å². The van der Waals surface area contributed by atoms with Crippen molar-refractivity contribution in [1.29, 1.82) is 0 Å². The summed E-state index contributed by atoms with van der Waals surface area (Å²) < 4.78 is 14.0. The Hall–Kier alpha value is -1.38. The highest BCUT2D eigenvalue weighted by Gasteiger charge is 2.23. The van der Waals surface area contributed by atoms with E-state index >= 15 is 0 Å². The van der Waals surface area contributed by atoms with Crippen LogP contribution in [0.1, 0.15) is 67.8 Å². The second-order valence-corrected chi connectivity index (χ2v) is 6.10. The third kappa shape index (κ3) is 3.20. The minimum Gasteiger partial charge on any atom is -0.339 e. The molecule has 0 saturated heterocycles. The first kappa shape index (κ1) is 15.0. The molecule has 3 heteroatoms. The first-order valence-corrected chi connectivity index (χ1v) is 7.57. The summed E-state index contributed by atoms with van der Waals surface area (Å²) in [6.07, 6.45) is 5.76. The second-order valence-electron chi connectivity index (χ2n) is 6.10. The molecule has 0 bridgehead atoms. The minimum absolute atomic E-state index is 0.0638. The molecule has 0 aromatic heterocycles. The van der Waals surface area contributed by atoms with Crippen LogP contribution in [-0.4, -0.2) is 23.9 Å². The number of carbonyl (C=O) groups excluding carboxylic acids is 1. The molecule has 0 N–H and O–H groups in total. The molecule has 1 aliphatic carbocycles. The molecule has 1 fully saturated rings. The molecule has 1 aliphatic rings. The van der Waals surface area contributed by atoms with Gasteiger partial charge in [0, 0.05) is 18.7 Å². The lowest BCUT2D eigenvalue weighted by molar-refractivity contribution is 0.0695. The fourth-order valence-electron chi connectivity index (χ4n) is 2.97. The van der Waals surface area contributed by atoms with Gasteiger partial charge in [0.05, 0.1) is 0 Å². The molecule has 110 valence electrons. The minimum atomic E-state index is -0.275. The topological polar surface area (TPSA) is 20.3 Å². The molecule has 2 rings (SSSR count). The zero-order valence-electron chi connectivity index (χ0n) is 12.7. The van der Waals surface area contributed by atoms with Gasteiger partial charge < -0.3 is 4.90 Å². The van der Waals surface area contributed by atoms with Crippen molar-refractivity contribution in [2.24, 2.45) is 0 Å². The largest absolute Gasteiger partial charge is 0.339 e. The molecular formula is C17H24FNO. The van der Waals surface area contributed by atoms with Crippen molar-refractivity contribution in [2.45, 2.75) is 57.9 Å². The summed E-state index contributed by atoms with van der Waals surface area (Å²) in [7, 11) is 1.84. The smallest absolute Gasteiger partial charge is 0.253 e. The van der Waals surface area contributed by atoms with Crippen LogP contribution in [0.5, 0.6) is 0 Å². The van der Waals surface area contributed by atoms with E-state index in [0.29, 0.717) is 17.2 Å². The van der Waals surface area contributed by atoms with Crippen LogP contribution in [0.4, 0.5) is 4.39 Å². The zero-order chi connectivity index (χ0) is 14.7. The van der Waals surface area contributed by atoms with Gasteiger partial charge in [-0.05, 0) is 36.5 Å². The van der Waals surface area contributed by atoms with E-state index in [1.54, 1.807) is 17.0 Å². The highest BCUT2D eigenvalue weighted by atomic mass is 19.1. The highest BCUT2D eigenvalue weighted by Crippen LogP contribution is 2.24. The normalized spacial score (nSPS) is 16.4. The number of hydrogen-bond acceptors (Lipinski definition) is 1.